The van der Waals surface area contributed by atoms with Crippen LogP contribution in [0.5, 0.6) is 0 Å². The fraction of sp³-hybridized carbons (Fsp3) is 0.486. The number of likely N-dealkylation sites (tertiary alicyclic amines) is 2. The van der Waals surface area contributed by atoms with E-state index in [-0.39, 0.29) is 30.6 Å². The summed E-state index contributed by atoms with van der Waals surface area (Å²) in [4.78, 5) is 16.8. The molecule has 0 bridgehead atoms. The van der Waals surface area contributed by atoms with Crippen molar-refractivity contribution in [2.45, 2.75) is 77.2 Å². The van der Waals surface area contributed by atoms with E-state index in [1.165, 1.54) is 45.7 Å². The van der Waals surface area contributed by atoms with Crippen molar-refractivity contribution in [2.24, 2.45) is 5.92 Å². The highest BCUT2D eigenvalue weighted by Crippen LogP contribution is 2.43. The highest BCUT2D eigenvalue weighted by Gasteiger charge is 2.41. The Labute approximate surface area is 262 Å². The molecule has 0 aliphatic carbocycles. The Hall–Kier alpha value is -3.07. The van der Waals surface area contributed by atoms with Gasteiger partial charge < -0.3 is 24.8 Å². The summed E-state index contributed by atoms with van der Waals surface area (Å²) < 4.78 is 13.7. The molecule has 2 N–H and O–H groups in total. The van der Waals surface area contributed by atoms with Crippen molar-refractivity contribution in [3.05, 3.63) is 95.1 Å². The summed E-state index contributed by atoms with van der Waals surface area (Å²) in [5.74, 6) is 0.123. The molecule has 0 spiro atoms. The van der Waals surface area contributed by atoms with E-state index in [1.54, 1.807) is 0 Å². The maximum absolute atomic E-state index is 11.5. The summed E-state index contributed by atoms with van der Waals surface area (Å²) in [6.07, 6.45) is 4.53. The van der Waals surface area contributed by atoms with Crippen molar-refractivity contribution in [3.8, 4) is 11.1 Å². The zero-order valence-electron chi connectivity index (χ0n) is 26.2. The van der Waals surface area contributed by atoms with Crippen LogP contribution in [0, 0.1) is 5.92 Å². The molecule has 3 aromatic carbocycles. The van der Waals surface area contributed by atoms with Gasteiger partial charge >= 0.3 is 0 Å². The quantitative estimate of drug-likeness (QED) is 0.306. The molecule has 234 valence electrons. The average molecular weight is 598 g/mol. The normalized spacial score (nSPS) is 26.2. The van der Waals surface area contributed by atoms with Crippen LogP contribution < -0.4 is 5.32 Å². The third kappa shape index (κ3) is 7.41. The average Bonchev–Trinajstić information content (AvgIpc) is 3.74. The number of hydrogen-bond acceptors (Lipinski definition) is 6. The van der Waals surface area contributed by atoms with Gasteiger partial charge in [-0.1, -0.05) is 67.6 Å². The first-order valence-corrected chi connectivity index (χ1v) is 16.4. The van der Waals surface area contributed by atoms with Crippen LogP contribution in [-0.4, -0.2) is 65.7 Å². The van der Waals surface area contributed by atoms with Gasteiger partial charge in [0, 0.05) is 44.1 Å². The van der Waals surface area contributed by atoms with Crippen LogP contribution in [0.15, 0.2) is 72.8 Å². The van der Waals surface area contributed by atoms with E-state index in [4.69, 9.17) is 9.47 Å². The predicted octanol–water partition coefficient (Wildman–Crippen LogP) is 5.83. The second kappa shape index (κ2) is 14.4. The van der Waals surface area contributed by atoms with E-state index < -0.39 is 6.29 Å². The summed E-state index contributed by atoms with van der Waals surface area (Å²) >= 11 is 0. The van der Waals surface area contributed by atoms with Crippen LogP contribution in [0.25, 0.3) is 11.1 Å². The van der Waals surface area contributed by atoms with Gasteiger partial charge in [-0.3, -0.25) is 9.69 Å². The number of amides is 1. The van der Waals surface area contributed by atoms with Crippen LogP contribution >= 0.6 is 0 Å². The minimum absolute atomic E-state index is 0.0140. The van der Waals surface area contributed by atoms with Crippen LogP contribution in [-0.2, 0) is 27.4 Å². The smallest absolute Gasteiger partial charge is 0.217 e. The third-order valence-corrected chi connectivity index (χ3v) is 9.67. The second-order valence-electron chi connectivity index (χ2n) is 12.9. The molecule has 0 saturated carbocycles. The standard InChI is InChI=1S/C37H47N3O4/c1-26-35(24-40-19-7-12-34(40)23-39-17-3-4-18-39)43-37(44-36(26)30-15-13-28(25-41)14-16-30)33-11-6-10-32(21-33)31-9-5-8-29(20-31)22-38-27(2)42/h5-6,8-11,13-16,20-21,26,34-37,41H,3-4,7,12,17-19,22-25H2,1-2H3,(H,38,42). The molecule has 3 aliphatic heterocycles. The lowest BCUT2D eigenvalue weighted by atomic mass is 9.89. The molecule has 3 fully saturated rings. The van der Waals surface area contributed by atoms with Gasteiger partial charge in [-0.15, -0.1) is 0 Å². The van der Waals surface area contributed by atoms with Gasteiger partial charge in [0.15, 0.2) is 6.29 Å². The second-order valence-corrected chi connectivity index (χ2v) is 12.9. The Bertz CT molecular complexity index is 1390. The van der Waals surface area contributed by atoms with E-state index in [9.17, 15) is 9.90 Å². The van der Waals surface area contributed by atoms with Crippen molar-refractivity contribution < 1.29 is 19.4 Å². The van der Waals surface area contributed by atoms with E-state index in [0.29, 0.717) is 12.6 Å². The Morgan fingerprint density at radius 3 is 2.36 bits per heavy atom. The van der Waals surface area contributed by atoms with Gasteiger partial charge in [-0.25, -0.2) is 0 Å². The number of benzene rings is 3. The number of nitrogens with one attached hydrogen (secondary N) is 1. The summed E-state index contributed by atoms with van der Waals surface area (Å²) in [6.45, 7) is 9.98. The van der Waals surface area contributed by atoms with Crippen molar-refractivity contribution in [2.75, 3.05) is 32.7 Å². The minimum atomic E-state index is -0.499. The molecule has 1 amide bonds. The highest BCUT2D eigenvalue weighted by atomic mass is 16.7. The molecular weight excluding hydrogens is 550 g/mol. The number of rotatable bonds is 10. The first-order valence-electron chi connectivity index (χ1n) is 16.4. The molecule has 5 unspecified atom stereocenters. The highest BCUT2D eigenvalue weighted by molar-refractivity contribution is 5.73. The van der Waals surface area contributed by atoms with Crippen LogP contribution in [0.1, 0.15) is 74.2 Å². The molecule has 44 heavy (non-hydrogen) atoms. The lowest BCUT2D eigenvalue weighted by Gasteiger charge is -2.43. The Morgan fingerprint density at radius 1 is 0.864 bits per heavy atom. The molecule has 0 radical (unpaired) electrons. The van der Waals surface area contributed by atoms with Crippen molar-refractivity contribution in [3.63, 3.8) is 0 Å². The predicted molar refractivity (Wildman–Crippen MR) is 173 cm³/mol. The van der Waals surface area contributed by atoms with Gasteiger partial charge in [0.2, 0.25) is 5.91 Å². The van der Waals surface area contributed by atoms with E-state index in [1.807, 2.05) is 24.3 Å². The topological polar surface area (TPSA) is 74.3 Å². The Morgan fingerprint density at radius 2 is 1.61 bits per heavy atom. The first-order chi connectivity index (χ1) is 21.5. The number of ether oxygens (including phenoxy) is 2. The Balaban J connectivity index is 1.25. The van der Waals surface area contributed by atoms with Crippen molar-refractivity contribution >= 4 is 5.91 Å². The molecule has 3 aromatic rings. The fourth-order valence-corrected chi connectivity index (χ4v) is 7.12. The maximum Gasteiger partial charge on any atom is 0.217 e. The number of carbonyl (C=O) groups is 1. The zero-order chi connectivity index (χ0) is 30.5. The molecule has 3 saturated heterocycles. The summed E-state index contributed by atoms with van der Waals surface area (Å²) in [6, 6.07) is 25.5. The molecule has 3 heterocycles. The van der Waals surface area contributed by atoms with Gasteiger partial charge in [-0.05, 0) is 85.3 Å². The minimum Gasteiger partial charge on any atom is -0.392 e. The number of aliphatic hydroxyl groups excluding tert-OH is 1. The number of carbonyl (C=O) groups excluding carboxylic acids is 1. The van der Waals surface area contributed by atoms with E-state index in [2.05, 4.69) is 70.6 Å². The lowest BCUT2D eigenvalue weighted by molar-refractivity contribution is -0.276. The van der Waals surface area contributed by atoms with Gasteiger partial charge in [-0.2, -0.15) is 0 Å². The van der Waals surface area contributed by atoms with Gasteiger partial charge in [0.05, 0.1) is 18.8 Å². The molecule has 0 aromatic heterocycles. The number of aliphatic hydroxyl groups is 1. The van der Waals surface area contributed by atoms with Gasteiger partial charge in [0.1, 0.15) is 0 Å². The van der Waals surface area contributed by atoms with Crippen molar-refractivity contribution in [1.82, 2.24) is 15.1 Å². The number of nitrogens with zero attached hydrogens (tertiary/aromatic N) is 2. The van der Waals surface area contributed by atoms with E-state index >= 15 is 0 Å². The molecule has 7 nitrogen and oxygen atoms in total. The fourth-order valence-electron chi connectivity index (χ4n) is 7.12. The molecule has 5 atom stereocenters. The monoisotopic (exact) mass is 597 g/mol. The molecule has 7 heteroatoms. The summed E-state index contributed by atoms with van der Waals surface area (Å²) in [7, 11) is 0. The first kappa shape index (κ1) is 30.9. The van der Waals surface area contributed by atoms with E-state index in [0.717, 1.165) is 53.0 Å². The Kier molecular flexibility index (Phi) is 10.1. The summed E-state index contributed by atoms with van der Waals surface area (Å²) in [5.41, 5.74) is 6.25. The summed E-state index contributed by atoms with van der Waals surface area (Å²) in [5, 5.41) is 12.5. The molecule has 6 rings (SSSR count). The maximum atomic E-state index is 11.5. The zero-order valence-corrected chi connectivity index (χ0v) is 26.2. The van der Waals surface area contributed by atoms with Gasteiger partial charge in [0.25, 0.3) is 0 Å². The van der Waals surface area contributed by atoms with Crippen molar-refractivity contribution in [1.29, 1.82) is 0 Å². The van der Waals surface area contributed by atoms with Crippen LogP contribution in [0.2, 0.25) is 0 Å². The largest absolute Gasteiger partial charge is 0.392 e. The SMILES string of the molecule is CC(=O)NCc1cccc(-c2cccc(C3OC(CN4CCCC4CN4CCCC4)C(C)C(c4ccc(CO)cc4)O3)c2)c1. The number of hydrogen-bond donors (Lipinski definition) is 2. The molecular formula is C37H47N3O4. The van der Waals surface area contributed by atoms with Crippen LogP contribution in [0.3, 0.4) is 0 Å². The third-order valence-electron chi connectivity index (χ3n) is 9.67. The van der Waals surface area contributed by atoms with Crippen LogP contribution in [0.4, 0.5) is 0 Å². The molecule has 3 aliphatic rings. The lowest BCUT2D eigenvalue weighted by Crippen LogP contribution is -2.48.